The van der Waals surface area contributed by atoms with Crippen LogP contribution in [0.4, 0.5) is 0 Å². The second-order valence-corrected chi connectivity index (χ2v) is 5.70. The first-order valence-electron chi connectivity index (χ1n) is 6.41. The molecule has 120 valence electrons. The molecule has 0 aromatic heterocycles. The first-order chi connectivity index (χ1) is 10.4. The summed E-state index contributed by atoms with van der Waals surface area (Å²) in [7, 11) is 1.60. The highest BCUT2D eigenvalue weighted by atomic mass is 35.5. The standard InChI is InChI=1S/C14H17Cl2N3O2S/c1-9(8-21-2)17-14(22)19-18-13(20)6-4-10-3-5-11(15)7-12(10)16/h3-7,9H,8H2,1-2H3,(H,18,20)(H2,17,19,22)/b6-4+/t9-/m1/s1. The number of hydrazine groups is 1. The number of thiocarbonyl (C=S) groups is 1. The van der Waals surface area contributed by atoms with Gasteiger partial charge < -0.3 is 10.1 Å². The van der Waals surface area contributed by atoms with E-state index < -0.39 is 0 Å². The topological polar surface area (TPSA) is 62.4 Å². The van der Waals surface area contributed by atoms with Crippen molar-refractivity contribution in [2.45, 2.75) is 13.0 Å². The van der Waals surface area contributed by atoms with Crippen molar-refractivity contribution in [3.8, 4) is 0 Å². The quantitative estimate of drug-likeness (QED) is 0.427. The van der Waals surface area contributed by atoms with Gasteiger partial charge in [-0.05, 0) is 42.9 Å². The summed E-state index contributed by atoms with van der Waals surface area (Å²) in [6.45, 7) is 2.41. The van der Waals surface area contributed by atoms with Gasteiger partial charge in [-0.15, -0.1) is 0 Å². The molecule has 0 saturated carbocycles. The molecule has 1 amide bonds. The molecule has 0 aliphatic rings. The molecule has 0 spiro atoms. The minimum atomic E-state index is -0.366. The smallest absolute Gasteiger partial charge is 0.262 e. The average molecular weight is 362 g/mol. The molecule has 0 aliphatic carbocycles. The maximum Gasteiger partial charge on any atom is 0.262 e. The highest BCUT2D eigenvalue weighted by molar-refractivity contribution is 7.80. The van der Waals surface area contributed by atoms with Crippen LogP contribution in [-0.4, -0.2) is 30.8 Å². The van der Waals surface area contributed by atoms with Crippen LogP contribution >= 0.6 is 35.4 Å². The normalized spacial score (nSPS) is 12.0. The molecule has 8 heteroatoms. The van der Waals surface area contributed by atoms with Crippen molar-refractivity contribution in [2.24, 2.45) is 0 Å². The third kappa shape index (κ3) is 7.09. The molecule has 1 rings (SSSR count). The number of benzene rings is 1. The van der Waals surface area contributed by atoms with Crippen molar-refractivity contribution in [3.63, 3.8) is 0 Å². The van der Waals surface area contributed by atoms with Gasteiger partial charge in [-0.3, -0.25) is 15.6 Å². The first kappa shape index (κ1) is 18.7. The molecule has 0 radical (unpaired) electrons. The van der Waals surface area contributed by atoms with Crippen LogP contribution in [0.1, 0.15) is 12.5 Å². The number of carbonyl (C=O) groups excluding carboxylic acids is 1. The van der Waals surface area contributed by atoms with Gasteiger partial charge in [0.1, 0.15) is 0 Å². The Hall–Kier alpha value is -1.34. The van der Waals surface area contributed by atoms with E-state index in [0.717, 1.165) is 0 Å². The summed E-state index contributed by atoms with van der Waals surface area (Å²) in [5.74, 6) is -0.366. The van der Waals surface area contributed by atoms with E-state index in [-0.39, 0.29) is 11.9 Å². The molecule has 5 nitrogen and oxygen atoms in total. The van der Waals surface area contributed by atoms with Crippen LogP contribution in [0.5, 0.6) is 0 Å². The molecular formula is C14H17Cl2N3O2S. The van der Waals surface area contributed by atoms with Crippen LogP contribution < -0.4 is 16.2 Å². The molecule has 0 bridgehead atoms. The largest absolute Gasteiger partial charge is 0.383 e. The second-order valence-electron chi connectivity index (χ2n) is 4.44. The third-order valence-corrected chi connectivity index (χ3v) is 3.25. The fraction of sp³-hybridized carbons (Fsp3) is 0.286. The SMILES string of the molecule is COC[C@@H](C)NC(=S)NNC(=O)/C=C/c1ccc(Cl)cc1Cl. The molecular weight excluding hydrogens is 345 g/mol. The molecule has 0 unspecified atom stereocenters. The summed E-state index contributed by atoms with van der Waals surface area (Å²) < 4.78 is 4.97. The highest BCUT2D eigenvalue weighted by Gasteiger charge is 2.04. The number of carbonyl (C=O) groups is 1. The first-order valence-corrected chi connectivity index (χ1v) is 7.57. The van der Waals surface area contributed by atoms with E-state index in [9.17, 15) is 4.79 Å². The number of amides is 1. The molecule has 1 atom stereocenters. The van der Waals surface area contributed by atoms with Crippen LogP contribution in [0.3, 0.4) is 0 Å². The summed E-state index contributed by atoms with van der Waals surface area (Å²) in [4.78, 5) is 11.7. The number of hydrogen-bond acceptors (Lipinski definition) is 3. The third-order valence-electron chi connectivity index (χ3n) is 2.47. The van der Waals surface area contributed by atoms with E-state index >= 15 is 0 Å². The zero-order valence-corrected chi connectivity index (χ0v) is 14.5. The number of halogens is 2. The van der Waals surface area contributed by atoms with Crippen LogP contribution in [0.2, 0.25) is 10.0 Å². The lowest BCUT2D eigenvalue weighted by molar-refractivity contribution is -0.116. The molecule has 0 aliphatic heterocycles. The van der Waals surface area contributed by atoms with E-state index in [4.69, 9.17) is 40.2 Å². The van der Waals surface area contributed by atoms with Gasteiger partial charge in [0.2, 0.25) is 0 Å². The van der Waals surface area contributed by atoms with Gasteiger partial charge in [-0.25, -0.2) is 0 Å². The van der Waals surface area contributed by atoms with Gasteiger partial charge in [-0.1, -0.05) is 29.3 Å². The predicted octanol–water partition coefficient (Wildman–Crippen LogP) is 2.54. The van der Waals surface area contributed by atoms with E-state index in [2.05, 4.69) is 16.2 Å². The van der Waals surface area contributed by atoms with Crippen molar-refractivity contribution in [1.29, 1.82) is 0 Å². The van der Waals surface area contributed by atoms with Gasteiger partial charge in [0.15, 0.2) is 5.11 Å². The highest BCUT2D eigenvalue weighted by Crippen LogP contribution is 2.21. The average Bonchev–Trinajstić information content (AvgIpc) is 2.44. The maximum atomic E-state index is 11.7. The zero-order valence-electron chi connectivity index (χ0n) is 12.2. The monoisotopic (exact) mass is 361 g/mol. The molecule has 1 aromatic rings. The predicted molar refractivity (Wildman–Crippen MR) is 93.8 cm³/mol. The maximum absolute atomic E-state index is 11.7. The van der Waals surface area contributed by atoms with Crippen LogP contribution in [0.15, 0.2) is 24.3 Å². The summed E-state index contributed by atoms with van der Waals surface area (Å²) in [6.07, 6.45) is 2.92. The van der Waals surface area contributed by atoms with E-state index in [1.807, 2.05) is 6.92 Å². The Balaban J connectivity index is 2.43. The summed E-state index contributed by atoms with van der Waals surface area (Å²) in [5, 5.41) is 4.25. The van der Waals surface area contributed by atoms with Crippen LogP contribution in [0.25, 0.3) is 6.08 Å². The van der Waals surface area contributed by atoms with Gasteiger partial charge in [-0.2, -0.15) is 0 Å². The van der Waals surface area contributed by atoms with Gasteiger partial charge in [0.05, 0.1) is 6.61 Å². The molecule has 0 saturated heterocycles. The fourth-order valence-electron chi connectivity index (χ4n) is 1.51. The molecule has 1 aromatic carbocycles. The minimum Gasteiger partial charge on any atom is -0.383 e. The van der Waals surface area contributed by atoms with E-state index in [0.29, 0.717) is 27.3 Å². The van der Waals surface area contributed by atoms with Crippen molar-refractivity contribution < 1.29 is 9.53 Å². The Bertz CT molecular complexity index is 567. The van der Waals surface area contributed by atoms with Gasteiger partial charge >= 0.3 is 0 Å². The van der Waals surface area contributed by atoms with Crippen molar-refractivity contribution in [2.75, 3.05) is 13.7 Å². The zero-order chi connectivity index (χ0) is 16.5. The molecule has 0 fully saturated rings. The van der Waals surface area contributed by atoms with Gasteiger partial charge in [0, 0.05) is 29.3 Å². The molecule has 3 N–H and O–H groups in total. The number of nitrogens with one attached hydrogen (secondary N) is 3. The minimum absolute atomic E-state index is 0.0327. The van der Waals surface area contributed by atoms with Crippen molar-refractivity contribution >= 4 is 52.5 Å². The van der Waals surface area contributed by atoms with Gasteiger partial charge in [0.25, 0.3) is 5.91 Å². The second kappa shape index (κ2) is 9.63. The Kier molecular flexibility index (Phi) is 8.19. The number of hydrogen-bond donors (Lipinski definition) is 3. The van der Waals surface area contributed by atoms with E-state index in [1.54, 1.807) is 31.4 Å². The summed E-state index contributed by atoms with van der Waals surface area (Å²) >= 11 is 16.8. The Morgan fingerprint density at radius 2 is 2.14 bits per heavy atom. The van der Waals surface area contributed by atoms with Crippen LogP contribution in [0, 0.1) is 0 Å². The van der Waals surface area contributed by atoms with Crippen LogP contribution in [-0.2, 0) is 9.53 Å². The number of methoxy groups -OCH3 is 1. The van der Waals surface area contributed by atoms with Crippen molar-refractivity contribution in [3.05, 3.63) is 39.9 Å². The Labute approximate surface area is 145 Å². The van der Waals surface area contributed by atoms with Crippen molar-refractivity contribution in [1.82, 2.24) is 16.2 Å². The number of rotatable bonds is 5. The lowest BCUT2D eigenvalue weighted by Gasteiger charge is -2.15. The lowest BCUT2D eigenvalue weighted by Crippen LogP contribution is -2.49. The Morgan fingerprint density at radius 1 is 1.41 bits per heavy atom. The Morgan fingerprint density at radius 3 is 2.77 bits per heavy atom. The molecule has 0 heterocycles. The summed E-state index contributed by atoms with van der Waals surface area (Å²) in [6, 6.07) is 5.06. The summed E-state index contributed by atoms with van der Waals surface area (Å²) in [5.41, 5.74) is 5.72. The number of ether oxygens (including phenoxy) is 1. The van der Waals surface area contributed by atoms with E-state index in [1.165, 1.54) is 6.08 Å². The lowest BCUT2D eigenvalue weighted by atomic mass is 10.2. The molecule has 22 heavy (non-hydrogen) atoms. The fourth-order valence-corrected chi connectivity index (χ4v) is 2.24.